The van der Waals surface area contributed by atoms with E-state index in [2.05, 4.69) is 29.7 Å². The molecule has 1 aromatic rings. The Morgan fingerprint density at radius 3 is 3.12 bits per heavy atom. The van der Waals surface area contributed by atoms with Gasteiger partial charge in [0.05, 0.1) is 0 Å². The number of hydrogen-bond donors (Lipinski definition) is 2. The van der Waals surface area contributed by atoms with E-state index < -0.39 is 0 Å². The molecule has 2 N–H and O–H groups in total. The third-order valence-corrected chi connectivity index (χ3v) is 3.08. The molecular weight excluding hydrogens is 212 g/mol. The molecule has 1 heterocycles. The molecular formula is C14H20N2O. The third-order valence-electron chi connectivity index (χ3n) is 3.08. The molecule has 3 heteroatoms. The Kier molecular flexibility index (Phi) is 4.15. The minimum absolute atomic E-state index is 0.0786. The Hall–Kier alpha value is -1.35. The smallest absolute Gasteiger partial charge is 0.251 e. The zero-order valence-corrected chi connectivity index (χ0v) is 10.4. The zero-order valence-electron chi connectivity index (χ0n) is 10.4. The lowest BCUT2D eigenvalue weighted by Gasteiger charge is -2.08. The first-order valence-corrected chi connectivity index (χ1v) is 6.42. The summed E-state index contributed by atoms with van der Waals surface area (Å²) in [4.78, 5) is 11.9. The van der Waals surface area contributed by atoms with E-state index in [0.29, 0.717) is 0 Å². The van der Waals surface area contributed by atoms with E-state index in [1.165, 1.54) is 11.1 Å². The highest BCUT2D eigenvalue weighted by Crippen LogP contribution is 2.16. The molecule has 0 unspecified atom stereocenters. The summed E-state index contributed by atoms with van der Waals surface area (Å²) in [5.41, 5.74) is 3.23. The number of nitrogens with one attached hydrogen (secondary N) is 2. The van der Waals surface area contributed by atoms with E-state index in [4.69, 9.17) is 0 Å². The van der Waals surface area contributed by atoms with Crippen molar-refractivity contribution in [3.8, 4) is 0 Å². The van der Waals surface area contributed by atoms with E-state index in [1.54, 1.807) is 0 Å². The van der Waals surface area contributed by atoms with Crippen LogP contribution in [0.3, 0.4) is 0 Å². The minimum atomic E-state index is 0.0786. The SMILES string of the molecule is CCCNCc1ccc2c(c1)C(=O)NCCC2. The number of carbonyl (C=O) groups excluding carboxylic acids is 1. The molecule has 0 fully saturated rings. The molecule has 0 saturated carbocycles. The van der Waals surface area contributed by atoms with Crippen molar-refractivity contribution in [1.82, 2.24) is 10.6 Å². The molecule has 0 aromatic heterocycles. The van der Waals surface area contributed by atoms with Crippen LogP contribution in [-0.2, 0) is 13.0 Å². The maximum Gasteiger partial charge on any atom is 0.251 e. The van der Waals surface area contributed by atoms with E-state index in [9.17, 15) is 4.79 Å². The minimum Gasteiger partial charge on any atom is -0.352 e. The van der Waals surface area contributed by atoms with Crippen molar-refractivity contribution >= 4 is 5.91 Å². The Labute approximate surface area is 103 Å². The number of benzene rings is 1. The largest absolute Gasteiger partial charge is 0.352 e. The van der Waals surface area contributed by atoms with Gasteiger partial charge in [-0.1, -0.05) is 19.1 Å². The van der Waals surface area contributed by atoms with Crippen LogP contribution < -0.4 is 10.6 Å². The summed E-state index contributed by atoms with van der Waals surface area (Å²) in [6.07, 6.45) is 3.16. The second-order valence-electron chi connectivity index (χ2n) is 4.53. The lowest BCUT2D eigenvalue weighted by Crippen LogP contribution is -2.23. The molecule has 2 rings (SSSR count). The third kappa shape index (κ3) is 3.07. The quantitative estimate of drug-likeness (QED) is 0.778. The van der Waals surface area contributed by atoms with E-state index in [0.717, 1.165) is 44.5 Å². The standard InChI is InChI=1S/C14H20N2O/c1-2-7-15-10-11-5-6-12-4-3-8-16-14(17)13(12)9-11/h5-6,9,15H,2-4,7-8,10H2,1H3,(H,16,17). The van der Waals surface area contributed by atoms with Gasteiger partial charge < -0.3 is 10.6 Å². The van der Waals surface area contributed by atoms with Crippen LogP contribution in [0.25, 0.3) is 0 Å². The summed E-state index contributed by atoms with van der Waals surface area (Å²) in [5, 5.41) is 6.29. The Balaban J connectivity index is 2.14. The van der Waals surface area contributed by atoms with Gasteiger partial charge in [-0.25, -0.2) is 0 Å². The Morgan fingerprint density at radius 2 is 2.29 bits per heavy atom. The van der Waals surface area contributed by atoms with Crippen molar-refractivity contribution in [1.29, 1.82) is 0 Å². The second kappa shape index (κ2) is 5.82. The number of rotatable bonds is 4. The summed E-state index contributed by atoms with van der Waals surface area (Å²) >= 11 is 0. The Bertz CT molecular complexity index is 401. The fourth-order valence-electron chi connectivity index (χ4n) is 2.15. The fraction of sp³-hybridized carbons (Fsp3) is 0.500. The first kappa shape index (κ1) is 12.1. The van der Waals surface area contributed by atoms with Crippen molar-refractivity contribution in [2.75, 3.05) is 13.1 Å². The van der Waals surface area contributed by atoms with Crippen LogP contribution in [0.5, 0.6) is 0 Å². The van der Waals surface area contributed by atoms with Gasteiger partial charge in [0.1, 0.15) is 0 Å². The first-order chi connectivity index (χ1) is 8.31. The summed E-state index contributed by atoms with van der Waals surface area (Å²) in [6, 6.07) is 6.25. The zero-order chi connectivity index (χ0) is 12.1. The lowest BCUT2D eigenvalue weighted by molar-refractivity contribution is 0.0956. The van der Waals surface area contributed by atoms with Gasteiger partial charge in [0.25, 0.3) is 5.91 Å². The molecule has 0 aliphatic carbocycles. The van der Waals surface area contributed by atoms with Crippen molar-refractivity contribution in [2.24, 2.45) is 0 Å². The van der Waals surface area contributed by atoms with Gasteiger partial charge >= 0.3 is 0 Å². The molecule has 3 nitrogen and oxygen atoms in total. The second-order valence-corrected chi connectivity index (χ2v) is 4.53. The lowest BCUT2D eigenvalue weighted by atomic mass is 10.0. The Morgan fingerprint density at radius 1 is 1.41 bits per heavy atom. The molecule has 0 bridgehead atoms. The van der Waals surface area contributed by atoms with Gasteiger partial charge in [-0.2, -0.15) is 0 Å². The average Bonchev–Trinajstić information content (AvgIpc) is 2.52. The highest BCUT2D eigenvalue weighted by atomic mass is 16.1. The van der Waals surface area contributed by atoms with Crippen LogP contribution in [0.4, 0.5) is 0 Å². The highest BCUT2D eigenvalue weighted by Gasteiger charge is 2.14. The molecule has 0 saturated heterocycles. The predicted molar refractivity (Wildman–Crippen MR) is 69.1 cm³/mol. The summed E-state index contributed by atoms with van der Waals surface area (Å²) < 4.78 is 0. The molecule has 1 amide bonds. The number of amides is 1. The number of carbonyl (C=O) groups is 1. The normalized spacial score (nSPS) is 15.0. The van der Waals surface area contributed by atoms with Crippen LogP contribution in [-0.4, -0.2) is 19.0 Å². The molecule has 1 aliphatic heterocycles. The van der Waals surface area contributed by atoms with Gasteiger partial charge in [-0.3, -0.25) is 4.79 Å². The van der Waals surface area contributed by atoms with Crippen LogP contribution in [0.15, 0.2) is 18.2 Å². The maximum atomic E-state index is 11.9. The number of aryl methyl sites for hydroxylation is 1. The van der Waals surface area contributed by atoms with Crippen molar-refractivity contribution < 1.29 is 4.79 Å². The van der Waals surface area contributed by atoms with Crippen LogP contribution in [0.2, 0.25) is 0 Å². The van der Waals surface area contributed by atoms with Crippen molar-refractivity contribution in [3.63, 3.8) is 0 Å². The summed E-state index contributed by atoms with van der Waals surface area (Å²) in [6.45, 7) is 4.80. The molecule has 1 aromatic carbocycles. The van der Waals surface area contributed by atoms with Gasteiger partial charge in [0.2, 0.25) is 0 Å². The average molecular weight is 232 g/mol. The van der Waals surface area contributed by atoms with Gasteiger partial charge in [-0.05, 0) is 43.0 Å². The topological polar surface area (TPSA) is 41.1 Å². The maximum absolute atomic E-state index is 11.9. The number of hydrogen-bond acceptors (Lipinski definition) is 2. The molecule has 0 atom stereocenters. The molecule has 92 valence electrons. The first-order valence-electron chi connectivity index (χ1n) is 6.42. The number of fused-ring (bicyclic) bond motifs is 1. The van der Waals surface area contributed by atoms with E-state index in [1.807, 2.05) is 6.07 Å². The van der Waals surface area contributed by atoms with Gasteiger partial charge in [0, 0.05) is 18.7 Å². The molecule has 17 heavy (non-hydrogen) atoms. The fourth-order valence-corrected chi connectivity index (χ4v) is 2.15. The molecule has 0 radical (unpaired) electrons. The van der Waals surface area contributed by atoms with Crippen molar-refractivity contribution in [2.45, 2.75) is 32.7 Å². The van der Waals surface area contributed by atoms with E-state index in [-0.39, 0.29) is 5.91 Å². The summed E-state index contributed by atoms with van der Waals surface area (Å²) in [5.74, 6) is 0.0786. The summed E-state index contributed by atoms with van der Waals surface area (Å²) in [7, 11) is 0. The van der Waals surface area contributed by atoms with Crippen molar-refractivity contribution in [3.05, 3.63) is 34.9 Å². The van der Waals surface area contributed by atoms with Crippen LogP contribution in [0.1, 0.15) is 41.3 Å². The van der Waals surface area contributed by atoms with Crippen LogP contribution >= 0.6 is 0 Å². The van der Waals surface area contributed by atoms with E-state index >= 15 is 0 Å². The molecule has 1 aliphatic rings. The van der Waals surface area contributed by atoms with Crippen LogP contribution in [0, 0.1) is 0 Å². The monoisotopic (exact) mass is 232 g/mol. The predicted octanol–water partition coefficient (Wildman–Crippen LogP) is 1.86. The highest BCUT2D eigenvalue weighted by molar-refractivity contribution is 5.96. The molecule has 0 spiro atoms. The van der Waals surface area contributed by atoms with Gasteiger partial charge in [-0.15, -0.1) is 0 Å². The van der Waals surface area contributed by atoms with Gasteiger partial charge in [0.15, 0.2) is 0 Å².